The zero-order valence-electron chi connectivity index (χ0n) is 31.4. The Balaban J connectivity index is 0.000000219. The maximum Gasteiger partial charge on any atom is 0.339 e. The number of amides is 2. The monoisotopic (exact) mass is 766 g/mol. The lowest BCUT2D eigenvalue weighted by molar-refractivity contribution is -0.131. The van der Waals surface area contributed by atoms with Crippen molar-refractivity contribution in [2.45, 2.75) is 13.8 Å². The van der Waals surface area contributed by atoms with Crippen molar-refractivity contribution in [2.75, 3.05) is 24.9 Å². The van der Waals surface area contributed by atoms with E-state index in [2.05, 4.69) is 10.6 Å². The molecule has 6 aromatic rings. The van der Waals surface area contributed by atoms with E-state index in [9.17, 15) is 34.2 Å². The van der Waals surface area contributed by atoms with Gasteiger partial charge in [0.2, 0.25) is 0 Å². The number of nitrogens with one attached hydrogen (secondary N) is 2. The molecular formula is C45H38N2O10. The number of carbonyl (C=O) groups excluding carboxylic acids is 5. The van der Waals surface area contributed by atoms with Crippen LogP contribution < -0.4 is 15.4 Å². The van der Waals surface area contributed by atoms with Crippen molar-refractivity contribution in [1.82, 2.24) is 0 Å². The Morgan fingerprint density at radius 3 is 1.40 bits per heavy atom. The normalized spacial score (nSPS) is 10.2. The highest BCUT2D eigenvalue weighted by Crippen LogP contribution is 2.30. The van der Waals surface area contributed by atoms with Gasteiger partial charge in [0.25, 0.3) is 11.8 Å². The summed E-state index contributed by atoms with van der Waals surface area (Å²) in [6.45, 7) is 3.05. The van der Waals surface area contributed by atoms with Crippen LogP contribution in [0.3, 0.4) is 0 Å². The van der Waals surface area contributed by atoms with Crippen molar-refractivity contribution in [1.29, 1.82) is 0 Å². The van der Waals surface area contributed by atoms with Crippen LogP contribution in [-0.4, -0.2) is 54.2 Å². The molecule has 6 rings (SSSR count). The Kier molecular flexibility index (Phi) is 13.2. The number of aryl methyl sites for hydroxylation is 1. The van der Waals surface area contributed by atoms with E-state index >= 15 is 0 Å². The molecule has 12 nitrogen and oxygen atoms in total. The number of methoxy groups -OCH3 is 2. The van der Waals surface area contributed by atoms with E-state index in [0.717, 1.165) is 28.3 Å². The molecule has 0 aliphatic carbocycles. The first-order valence-electron chi connectivity index (χ1n) is 17.4. The zero-order valence-corrected chi connectivity index (χ0v) is 31.4. The number of hydrogen-bond acceptors (Lipinski definition) is 10. The predicted octanol–water partition coefficient (Wildman–Crippen LogP) is 8.43. The quantitative estimate of drug-likeness (QED) is 0.0825. The number of esters is 3. The highest BCUT2D eigenvalue weighted by atomic mass is 16.5. The minimum absolute atomic E-state index is 0.0336. The zero-order chi connectivity index (χ0) is 41.1. The van der Waals surface area contributed by atoms with Crippen LogP contribution >= 0.6 is 0 Å². The van der Waals surface area contributed by atoms with Crippen molar-refractivity contribution in [3.05, 3.63) is 161 Å². The third kappa shape index (κ3) is 10.3. The first-order chi connectivity index (χ1) is 27.4. The maximum atomic E-state index is 12.9. The molecule has 0 aliphatic heterocycles. The number of phenols is 2. The number of phenolic OH excluding ortho intramolecular Hbond substituents is 2. The molecule has 57 heavy (non-hydrogen) atoms. The van der Waals surface area contributed by atoms with E-state index < -0.39 is 29.7 Å². The second-order valence-corrected chi connectivity index (χ2v) is 12.4. The van der Waals surface area contributed by atoms with Gasteiger partial charge in [-0.3, -0.25) is 14.4 Å². The Labute approximate surface area is 328 Å². The molecule has 0 saturated carbocycles. The maximum absolute atomic E-state index is 12.9. The number of benzene rings is 6. The van der Waals surface area contributed by atoms with Crippen molar-refractivity contribution in [3.63, 3.8) is 0 Å². The van der Waals surface area contributed by atoms with E-state index in [4.69, 9.17) is 14.2 Å². The predicted molar refractivity (Wildman–Crippen MR) is 215 cm³/mol. The van der Waals surface area contributed by atoms with Crippen LogP contribution in [0, 0.1) is 6.92 Å². The molecule has 6 aromatic carbocycles. The van der Waals surface area contributed by atoms with Gasteiger partial charge in [-0.15, -0.1) is 0 Å². The minimum Gasteiger partial charge on any atom is -0.508 e. The molecule has 0 bridgehead atoms. The number of ether oxygens (including phenoxy) is 3. The smallest absolute Gasteiger partial charge is 0.339 e. The van der Waals surface area contributed by atoms with Crippen molar-refractivity contribution in [3.8, 4) is 39.5 Å². The Morgan fingerprint density at radius 1 is 0.509 bits per heavy atom. The molecule has 0 spiro atoms. The summed E-state index contributed by atoms with van der Waals surface area (Å²) in [7, 11) is 2.54. The summed E-state index contributed by atoms with van der Waals surface area (Å²) < 4.78 is 14.7. The van der Waals surface area contributed by atoms with Crippen LogP contribution in [0.2, 0.25) is 0 Å². The largest absolute Gasteiger partial charge is 0.508 e. The van der Waals surface area contributed by atoms with Gasteiger partial charge in [0.1, 0.15) is 17.2 Å². The van der Waals surface area contributed by atoms with Gasteiger partial charge in [0.05, 0.1) is 42.3 Å². The number of rotatable bonds is 9. The Morgan fingerprint density at radius 2 is 0.965 bits per heavy atom. The molecule has 0 atom stereocenters. The lowest BCUT2D eigenvalue weighted by Crippen LogP contribution is -2.16. The van der Waals surface area contributed by atoms with E-state index in [1.165, 1.54) is 33.3 Å². The second-order valence-electron chi connectivity index (χ2n) is 12.4. The fourth-order valence-electron chi connectivity index (χ4n) is 5.70. The van der Waals surface area contributed by atoms with E-state index in [0.29, 0.717) is 22.6 Å². The first-order valence-corrected chi connectivity index (χ1v) is 17.4. The van der Waals surface area contributed by atoms with E-state index in [1.54, 1.807) is 61.5 Å². The topological polar surface area (TPSA) is 178 Å². The Bertz CT molecular complexity index is 2450. The van der Waals surface area contributed by atoms with Gasteiger partial charge < -0.3 is 35.1 Å². The second kappa shape index (κ2) is 18.5. The highest BCUT2D eigenvalue weighted by molar-refractivity contribution is 6.10. The van der Waals surface area contributed by atoms with E-state index in [-0.39, 0.29) is 33.9 Å². The molecule has 288 valence electrons. The minimum atomic E-state index is -0.622. The Hall–Kier alpha value is -7.73. The first kappa shape index (κ1) is 40.5. The SMILES string of the molecule is COC(=O)c1ccc(-c2ccccc2)cc1NC(=O)c1ccc(O)cc1O.COC(=O)c1ccc(-c2ccccc2)cc1NC(=O)c1ccc(OC(C)=O)cc1C. The number of aromatic hydroxyl groups is 2. The third-order valence-corrected chi connectivity index (χ3v) is 8.49. The van der Waals surface area contributed by atoms with Crippen LogP contribution in [0.15, 0.2) is 133 Å². The summed E-state index contributed by atoms with van der Waals surface area (Å²) >= 11 is 0. The van der Waals surface area contributed by atoms with E-state index in [1.807, 2.05) is 60.7 Å². The van der Waals surface area contributed by atoms with Gasteiger partial charge >= 0.3 is 17.9 Å². The molecule has 0 fully saturated rings. The van der Waals surface area contributed by atoms with Gasteiger partial charge in [0, 0.05) is 18.6 Å². The lowest BCUT2D eigenvalue weighted by atomic mass is 10.0. The standard InChI is InChI=1S/C24H21NO5.C21H17NO5/c1-15-13-19(30-16(2)26)10-12-20(15)23(27)25-22-14-18(17-7-5-4-6-8-17)9-11-21(22)24(28)29-3;1-27-21(26)16-9-7-14(13-5-3-2-4-6-13)11-18(16)22-20(25)17-10-8-15(23)12-19(17)24/h4-14H,1-3H3,(H,25,27);2-12,23-24H,1H3,(H,22,25). The molecule has 12 heteroatoms. The van der Waals surface area contributed by atoms with Gasteiger partial charge in [-0.25, -0.2) is 9.59 Å². The molecular weight excluding hydrogens is 728 g/mol. The number of anilines is 2. The molecule has 0 aliphatic rings. The fourth-order valence-corrected chi connectivity index (χ4v) is 5.70. The van der Waals surface area contributed by atoms with Crippen LogP contribution in [0.5, 0.6) is 17.2 Å². The van der Waals surface area contributed by atoms with Gasteiger partial charge in [0.15, 0.2) is 0 Å². The molecule has 0 aromatic heterocycles. The molecule has 0 saturated heterocycles. The number of hydrogen-bond donors (Lipinski definition) is 4. The van der Waals surface area contributed by atoms with Gasteiger partial charge in [-0.1, -0.05) is 72.8 Å². The average Bonchev–Trinajstić information content (AvgIpc) is 3.20. The summed E-state index contributed by atoms with van der Waals surface area (Å²) in [5.74, 6) is -2.77. The lowest BCUT2D eigenvalue weighted by Gasteiger charge is -2.14. The molecule has 2 amide bonds. The summed E-state index contributed by atoms with van der Waals surface area (Å²) in [4.78, 5) is 60.8. The summed E-state index contributed by atoms with van der Waals surface area (Å²) in [6, 6.07) is 37.6. The van der Waals surface area contributed by atoms with Crippen molar-refractivity contribution >= 4 is 41.1 Å². The van der Waals surface area contributed by atoms with Gasteiger partial charge in [-0.2, -0.15) is 0 Å². The molecule has 0 unspecified atom stereocenters. The average molecular weight is 767 g/mol. The van der Waals surface area contributed by atoms with Crippen molar-refractivity contribution < 1.29 is 48.4 Å². The van der Waals surface area contributed by atoms with Gasteiger partial charge in [-0.05, 0) is 89.3 Å². The molecule has 0 radical (unpaired) electrons. The summed E-state index contributed by atoms with van der Waals surface area (Å²) in [5.41, 5.74) is 5.53. The highest BCUT2D eigenvalue weighted by Gasteiger charge is 2.20. The molecule has 4 N–H and O–H groups in total. The number of carbonyl (C=O) groups is 5. The molecule has 0 heterocycles. The van der Waals surface area contributed by atoms with Crippen LogP contribution in [0.25, 0.3) is 22.3 Å². The van der Waals surface area contributed by atoms with Crippen molar-refractivity contribution in [2.24, 2.45) is 0 Å². The summed E-state index contributed by atoms with van der Waals surface area (Å²) in [6.07, 6.45) is 0. The summed E-state index contributed by atoms with van der Waals surface area (Å²) in [5, 5.41) is 24.7. The van der Waals surface area contributed by atoms with Crippen LogP contribution in [0.4, 0.5) is 11.4 Å². The van der Waals surface area contributed by atoms with Crippen LogP contribution in [0.1, 0.15) is 53.9 Å². The fraction of sp³-hybridized carbons (Fsp3) is 0.0889. The third-order valence-electron chi connectivity index (χ3n) is 8.49. The van der Waals surface area contributed by atoms with Crippen LogP contribution in [-0.2, 0) is 14.3 Å².